The van der Waals surface area contributed by atoms with Gasteiger partial charge in [0.15, 0.2) is 5.78 Å². The summed E-state index contributed by atoms with van der Waals surface area (Å²) in [6.45, 7) is 6.43. The third kappa shape index (κ3) is 4.09. The standard InChI is InChI=1S/C18H20O3/c1-13-11-16(15(3)19)12-14(2)18(13)21-10-9-20-17-7-5-4-6-8-17/h4-8,11-12H,9-10H2,1-3H3. The van der Waals surface area contributed by atoms with Gasteiger partial charge in [-0.15, -0.1) is 0 Å². The van der Waals surface area contributed by atoms with Crippen LogP contribution in [0.25, 0.3) is 0 Å². The van der Waals surface area contributed by atoms with Crippen molar-refractivity contribution < 1.29 is 14.3 Å². The smallest absolute Gasteiger partial charge is 0.159 e. The minimum atomic E-state index is 0.0696. The predicted molar refractivity (Wildman–Crippen MR) is 83.4 cm³/mol. The van der Waals surface area contributed by atoms with Gasteiger partial charge in [0.05, 0.1) is 0 Å². The molecule has 0 heterocycles. The van der Waals surface area contributed by atoms with E-state index in [0.29, 0.717) is 13.2 Å². The van der Waals surface area contributed by atoms with Crippen molar-refractivity contribution in [2.75, 3.05) is 13.2 Å². The molecular weight excluding hydrogens is 264 g/mol. The first kappa shape index (κ1) is 15.1. The Balaban J connectivity index is 1.93. The first-order valence-electron chi connectivity index (χ1n) is 7.01. The summed E-state index contributed by atoms with van der Waals surface area (Å²) in [7, 11) is 0. The zero-order valence-electron chi connectivity index (χ0n) is 12.7. The predicted octanol–water partition coefficient (Wildman–Crippen LogP) is 3.96. The van der Waals surface area contributed by atoms with Crippen LogP contribution in [0.4, 0.5) is 0 Å². The SMILES string of the molecule is CC(=O)c1cc(C)c(OCCOc2ccccc2)c(C)c1. The number of rotatable bonds is 6. The number of hydrogen-bond acceptors (Lipinski definition) is 3. The summed E-state index contributed by atoms with van der Waals surface area (Å²) in [5, 5.41) is 0. The molecule has 0 saturated carbocycles. The van der Waals surface area contributed by atoms with E-state index in [1.807, 2.05) is 56.3 Å². The Kier molecular flexibility index (Phi) is 4.99. The van der Waals surface area contributed by atoms with E-state index >= 15 is 0 Å². The van der Waals surface area contributed by atoms with E-state index in [-0.39, 0.29) is 5.78 Å². The second-order valence-corrected chi connectivity index (χ2v) is 5.01. The van der Waals surface area contributed by atoms with Gasteiger partial charge in [-0.2, -0.15) is 0 Å². The van der Waals surface area contributed by atoms with E-state index in [2.05, 4.69) is 0 Å². The molecular formula is C18H20O3. The van der Waals surface area contributed by atoms with Crippen LogP contribution >= 0.6 is 0 Å². The number of aryl methyl sites for hydroxylation is 2. The molecule has 0 aliphatic carbocycles. The molecule has 21 heavy (non-hydrogen) atoms. The van der Waals surface area contributed by atoms with Gasteiger partial charge in [-0.3, -0.25) is 4.79 Å². The van der Waals surface area contributed by atoms with Crippen molar-refractivity contribution in [3.63, 3.8) is 0 Å². The fourth-order valence-corrected chi connectivity index (χ4v) is 2.20. The first-order valence-corrected chi connectivity index (χ1v) is 7.01. The van der Waals surface area contributed by atoms with Crippen molar-refractivity contribution in [1.82, 2.24) is 0 Å². The van der Waals surface area contributed by atoms with Crippen LogP contribution in [0.2, 0.25) is 0 Å². The molecule has 2 aromatic carbocycles. The molecule has 0 fully saturated rings. The minimum absolute atomic E-state index is 0.0696. The largest absolute Gasteiger partial charge is 0.490 e. The fourth-order valence-electron chi connectivity index (χ4n) is 2.20. The quantitative estimate of drug-likeness (QED) is 0.595. The molecule has 3 heteroatoms. The highest BCUT2D eigenvalue weighted by molar-refractivity contribution is 5.94. The molecule has 0 aliphatic heterocycles. The third-order valence-corrected chi connectivity index (χ3v) is 3.21. The molecule has 0 unspecified atom stereocenters. The molecule has 0 spiro atoms. The van der Waals surface area contributed by atoms with E-state index < -0.39 is 0 Å². The van der Waals surface area contributed by atoms with Gasteiger partial charge in [0, 0.05) is 5.56 Å². The van der Waals surface area contributed by atoms with Gasteiger partial charge in [0.1, 0.15) is 24.7 Å². The lowest BCUT2D eigenvalue weighted by Crippen LogP contribution is -2.10. The molecule has 110 valence electrons. The zero-order chi connectivity index (χ0) is 15.2. The molecule has 0 atom stereocenters. The second-order valence-electron chi connectivity index (χ2n) is 5.01. The second kappa shape index (κ2) is 6.93. The Morgan fingerprint density at radius 1 is 0.952 bits per heavy atom. The van der Waals surface area contributed by atoms with Crippen molar-refractivity contribution in [2.45, 2.75) is 20.8 Å². The Hall–Kier alpha value is -2.29. The van der Waals surface area contributed by atoms with E-state index in [0.717, 1.165) is 28.2 Å². The lowest BCUT2D eigenvalue weighted by Gasteiger charge is -2.14. The van der Waals surface area contributed by atoms with Crippen molar-refractivity contribution in [2.24, 2.45) is 0 Å². The number of carbonyl (C=O) groups excluding carboxylic acids is 1. The van der Waals surface area contributed by atoms with Gasteiger partial charge >= 0.3 is 0 Å². The summed E-state index contributed by atoms with van der Waals surface area (Å²) in [6.07, 6.45) is 0. The van der Waals surface area contributed by atoms with Crippen molar-refractivity contribution in [3.8, 4) is 11.5 Å². The highest BCUT2D eigenvalue weighted by Crippen LogP contribution is 2.25. The average Bonchev–Trinajstić information content (AvgIpc) is 2.46. The number of ketones is 1. The Bertz CT molecular complexity index is 595. The van der Waals surface area contributed by atoms with Gasteiger partial charge < -0.3 is 9.47 Å². The number of ether oxygens (including phenoxy) is 2. The Morgan fingerprint density at radius 3 is 2.10 bits per heavy atom. The molecule has 0 N–H and O–H groups in total. The van der Waals surface area contributed by atoms with E-state index in [1.165, 1.54) is 0 Å². The highest BCUT2D eigenvalue weighted by atomic mass is 16.5. The lowest BCUT2D eigenvalue weighted by atomic mass is 10.0. The van der Waals surface area contributed by atoms with Crippen LogP contribution in [-0.2, 0) is 0 Å². The number of benzene rings is 2. The van der Waals surface area contributed by atoms with Crippen LogP contribution in [0.1, 0.15) is 28.4 Å². The molecule has 3 nitrogen and oxygen atoms in total. The average molecular weight is 284 g/mol. The lowest BCUT2D eigenvalue weighted by molar-refractivity contribution is 0.101. The maximum absolute atomic E-state index is 11.4. The topological polar surface area (TPSA) is 35.5 Å². The number of para-hydroxylation sites is 1. The molecule has 2 aromatic rings. The van der Waals surface area contributed by atoms with Crippen LogP contribution in [-0.4, -0.2) is 19.0 Å². The highest BCUT2D eigenvalue weighted by Gasteiger charge is 2.09. The molecule has 0 radical (unpaired) electrons. The summed E-state index contributed by atoms with van der Waals surface area (Å²) >= 11 is 0. The summed E-state index contributed by atoms with van der Waals surface area (Å²) in [5.41, 5.74) is 2.66. The van der Waals surface area contributed by atoms with Crippen LogP contribution in [0.5, 0.6) is 11.5 Å². The van der Waals surface area contributed by atoms with Crippen LogP contribution in [0.3, 0.4) is 0 Å². The molecule has 0 aliphatic rings. The maximum Gasteiger partial charge on any atom is 0.159 e. The van der Waals surface area contributed by atoms with Gasteiger partial charge in [-0.1, -0.05) is 18.2 Å². The van der Waals surface area contributed by atoms with Crippen LogP contribution < -0.4 is 9.47 Å². The van der Waals surface area contributed by atoms with Crippen LogP contribution in [0, 0.1) is 13.8 Å². The zero-order valence-corrected chi connectivity index (χ0v) is 12.7. The third-order valence-electron chi connectivity index (χ3n) is 3.21. The van der Waals surface area contributed by atoms with Gasteiger partial charge in [-0.05, 0) is 56.2 Å². The van der Waals surface area contributed by atoms with Gasteiger partial charge in [0.25, 0.3) is 0 Å². The molecule has 0 bridgehead atoms. The number of carbonyl (C=O) groups is 1. The van der Waals surface area contributed by atoms with Crippen molar-refractivity contribution in [1.29, 1.82) is 0 Å². The van der Waals surface area contributed by atoms with E-state index in [9.17, 15) is 4.79 Å². The molecule has 2 rings (SSSR count). The van der Waals surface area contributed by atoms with Crippen molar-refractivity contribution in [3.05, 3.63) is 59.2 Å². The molecule has 0 amide bonds. The maximum atomic E-state index is 11.4. The molecule has 0 aromatic heterocycles. The summed E-state index contributed by atoms with van der Waals surface area (Å²) in [5.74, 6) is 1.73. The summed E-state index contributed by atoms with van der Waals surface area (Å²) in [6, 6.07) is 13.4. The number of hydrogen-bond donors (Lipinski definition) is 0. The minimum Gasteiger partial charge on any atom is -0.490 e. The van der Waals surface area contributed by atoms with E-state index in [4.69, 9.17) is 9.47 Å². The summed E-state index contributed by atoms with van der Waals surface area (Å²) < 4.78 is 11.4. The Morgan fingerprint density at radius 2 is 1.52 bits per heavy atom. The van der Waals surface area contributed by atoms with E-state index in [1.54, 1.807) is 6.92 Å². The monoisotopic (exact) mass is 284 g/mol. The van der Waals surface area contributed by atoms with Gasteiger partial charge in [0.2, 0.25) is 0 Å². The first-order chi connectivity index (χ1) is 10.1. The van der Waals surface area contributed by atoms with Crippen molar-refractivity contribution >= 4 is 5.78 Å². The van der Waals surface area contributed by atoms with Crippen LogP contribution in [0.15, 0.2) is 42.5 Å². The van der Waals surface area contributed by atoms with Gasteiger partial charge in [-0.25, -0.2) is 0 Å². The summed E-state index contributed by atoms with van der Waals surface area (Å²) in [4.78, 5) is 11.4. The molecule has 0 saturated heterocycles. The Labute approximate surface area is 125 Å². The number of Topliss-reactive ketones (excluding diaryl/α,β-unsaturated/α-hetero) is 1. The fraction of sp³-hybridized carbons (Fsp3) is 0.278. The normalized spacial score (nSPS) is 10.2.